The van der Waals surface area contributed by atoms with Crippen molar-refractivity contribution >= 4 is 51.6 Å². The first-order valence-electron chi connectivity index (χ1n) is 11.9. The van der Waals surface area contributed by atoms with Crippen molar-refractivity contribution in [1.82, 2.24) is 4.90 Å². The fourth-order valence-electron chi connectivity index (χ4n) is 4.10. The number of methoxy groups -OCH3 is 1. The molecule has 0 aliphatic carbocycles. The summed E-state index contributed by atoms with van der Waals surface area (Å²) in [7, 11) is 1.53. The molecule has 0 saturated carbocycles. The molecule has 0 aromatic heterocycles. The Hall–Kier alpha value is -3.40. The smallest absolute Gasteiger partial charge is 0.257 e. The van der Waals surface area contributed by atoms with Gasteiger partial charge in [0.05, 0.1) is 18.4 Å². The van der Waals surface area contributed by atoms with E-state index in [1.165, 1.54) is 19.1 Å². The highest BCUT2D eigenvalue weighted by Crippen LogP contribution is 2.25. The van der Waals surface area contributed by atoms with Crippen molar-refractivity contribution in [2.45, 2.75) is 23.7 Å². The molecule has 0 radical (unpaired) electrons. The van der Waals surface area contributed by atoms with Crippen LogP contribution in [0.3, 0.4) is 0 Å². The Morgan fingerprint density at radius 1 is 0.889 bits per heavy atom. The number of ether oxygens (including phenoxy) is 1. The molecule has 186 valence electrons. The lowest BCUT2D eigenvalue weighted by atomic mass is 10.1. The van der Waals surface area contributed by atoms with E-state index in [0.29, 0.717) is 34.1 Å². The first-order valence-corrected chi connectivity index (χ1v) is 13.4. The van der Waals surface area contributed by atoms with Gasteiger partial charge in [-0.05, 0) is 67.3 Å². The second-order valence-corrected chi connectivity index (χ2v) is 9.39. The number of nitrogens with one attached hydrogen (secondary N) is 3. The third-order valence-electron chi connectivity index (χ3n) is 6.18. The van der Waals surface area contributed by atoms with E-state index in [1.54, 1.807) is 42.5 Å². The molecule has 1 saturated heterocycles. The number of anilines is 2. The van der Waals surface area contributed by atoms with Crippen LogP contribution in [0.4, 0.5) is 11.4 Å². The van der Waals surface area contributed by atoms with Gasteiger partial charge >= 0.3 is 0 Å². The van der Waals surface area contributed by atoms with E-state index in [0.717, 1.165) is 35.9 Å². The average molecular weight is 596 g/mol. The largest absolute Gasteiger partial charge is 0.497 e. The number of halogens is 1. The Labute approximate surface area is 224 Å². The maximum absolute atomic E-state index is 13.1. The summed E-state index contributed by atoms with van der Waals surface area (Å²) < 4.78 is 6.19. The number of nitrogens with zero attached hydrogens (tertiary/aromatic N) is 1. The third kappa shape index (κ3) is 6.23. The summed E-state index contributed by atoms with van der Waals surface area (Å²) in [5.41, 5.74) is 3.74. The Morgan fingerprint density at radius 2 is 1.56 bits per heavy atom. The summed E-state index contributed by atoms with van der Waals surface area (Å²) in [6, 6.07) is 19.6. The molecule has 8 heteroatoms. The first-order chi connectivity index (χ1) is 17.5. The maximum Gasteiger partial charge on any atom is 0.257 e. The lowest BCUT2D eigenvalue weighted by Gasteiger charge is -2.29. The summed E-state index contributed by atoms with van der Waals surface area (Å²) in [4.78, 5) is 28.2. The number of hydrogen-bond acceptors (Lipinski definition) is 4. The molecule has 7 nitrogen and oxygen atoms in total. The minimum absolute atomic E-state index is 0.296. The molecule has 36 heavy (non-hydrogen) atoms. The predicted octanol–water partition coefficient (Wildman–Crippen LogP) is 5.95. The van der Waals surface area contributed by atoms with Crippen LogP contribution in [-0.4, -0.2) is 42.7 Å². The summed E-state index contributed by atoms with van der Waals surface area (Å²) in [6.45, 7) is 1.79. The number of rotatable bonds is 7. The number of carbonyl (C=O) groups is 2. The minimum atomic E-state index is -0.350. The lowest BCUT2D eigenvalue weighted by molar-refractivity contribution is 0.102. The second-order valence-electron chi connectivity index (χ2n) is 8.62. The maximum atomic E-state index is 13.1. The van der Waals surface area contributed by atoms with E-state index < -0.39 is 0 Å². The minimum Gasteiger partial charge on any atom is -0.497 e. The number of carbonyl (C=O) groups excluding carboxylic acids is 2. The molecule has 1 aliphatic heterocycles. The van der Waals surface area contributed by atoms with Gasteiger partial charge in [-0.3, -0.25) is 15.0 Å². The zero-order valence-corrected chi connectivity index (χ0v) is 22.3. The van der Waals surface area contributed by atoms with Gasteiger partial charge < -0.3 is 20.3 Å². The van der Waals surface area contributed by atoms with Gasteiger partial charge in [0.1, 0.15) is 11.6 Å². The molecule has 3 aromatic rings. The Kier molecular flexibility index (Phi) is 8.58. The van der Waals surface area contributed by atoms with E-state index in [1.807, 2.05) is 24.3 Å². The number of hydrogen-bond donors (Lipinski definition) is 3. The van der Waals surface area contributed by atoms with Gasteiger partial charge in [-0.2, -0.15) is 0 Å². The van der Waals surface area contributed by atoms with Crippen molar-refractivity contribution in [2.24, 2.45) is 0 Å². The average Bonchev–Trinajstić information content (AvgIpc) is 2.93. The Morgan fingerprint density at radius 3 is 2.19 bits per heavy atom. The second kappa shape index (κ2) is 12.0. The van der Waals surface area contributed by atoms with Crippen LogP contribution in [0.5, 0.6) is 5.75 Å². The molecule has 1 aliphatic rings. The van der Waals surface area contributed by atoms with Crippen LogP contribution < -0.4 is 15.4 Å². The van der Waals surface area contributed by atoms with Crippen molar-refractivity contribution in [3.8, 4) is 5.75 Å². The van der Waals surface area contributed by atoms with Gasteiger partial charge in [-0.1, -0.05) is 46.9 Å². The molecule has 0 unspecified atom stereocenters. The number of benzene rings is 3. The molecular weight excluding hydrogens is 567 g/mol. The van der Waals surface area contributed by atoms with Crippen molar-refractivity contribution in [3.63, 3.8) is 0 Å². The monoisotopic (exact) mass is 596 g/mol. The molecule has 3 N–H and O–H groups in total. The van der Waals surface area contributed by atoms with Gasteiger partial charge in [-0.25, -0.2) is 0 Å². The molecule has 3 aromatic carbocycles. The van der Waals surface area contributed by atoms with E-state index in [4.69, 9.17) is 10.1 Å². The highest BCUT2D eigenvalue weighted by atomic mass is 127. The first kappa shape index (κ1) is 25.7. The van der Waals surface area contributed by atoms with Crippen molar-refractivity contribution in [3.05, 3.63) is 89.0 Å². The predicted molar refractivity (Wildman–Crippen MR) is 152 cm³/mol. The SMILES string of the molecule is COc1ccc(NC(=O)c2ccc(C(=N)N3CCCCC3)cc2)c(C(=O)Nc2ccc(CI)cc2)c1. The van der Waals surface area contributed by atoms with Crippen LogP contribution >= 0.6 is 22.6 Å². The van der Waals surface area contributed by atoms with E-state index in [2.05, 4.69) is 38.1 Å². The van der Waals surface area contributed by atoms with Crippen molar-refractivity contribution in [1.29, 1.82) is 5.41 Å². The Balaban J connectivity index is 1.49. The number of amidine groups is 1. The molecule has 0 spiro atoms. The summed E-state index contributed by atoms with van der Waals surface area (Å²) in [5, 5.41) is 14.2. The number of likely N-dealkylation sites (tertiary alicyclic amines) is 1. The van der Waals surface area contributed by atoms with E-state index >= 15 is 0 Å². The molecule has 0 atom stereocenters. The number of amides is 2. The number of piperidine rings is 1. The van der Waals surface area contributed by atoms with Crippen LogP contribution in [0.15, 0.2) is 66.7 Å². The topological polar surface area (TPSA) is 94.5 Å². The van der Waals surface area contributed by atoms with Crippen molar-refractivity contribution < 1.29 is 14.3 Å². The van der Waals surface area contributed by atoms with Gasteiger partial charge in [-0.15, -0.1) is 0 Å². The molecule has 4 rings (SSSR count). The van der Waals surface area contributed by atoms with Crippen LogP contribution in [0.1, 0.15) is 51.1 Å². The molecule has 1 heterocycles. The fraction of sp³-hybridized carbons (Fsp3) is 0.250. The van der Waals surface area contributed by atoms with Gasteiger partial charge in [0.15, 0.2) is 0 Å². The lowest BCUT2D eigenvalue weighted by Crippen LogP contribution is -2.35. The van der Waals surface area contributed by atoms with E-state index in [-0.39, 0.29) is 11.8 Å². The molecule has 2 amide bonds. The van der Waals surface area contributed by atoms with Crippen LogP contribution in [-0.2, 0) is 4.43 Å². The molecule has 1 fully saturated rings. The summed E-state index contributed by atoms with van der Waals surface area (Å²) in [6.07, 6.45) is 3.41. The van der Waals surface area contributed by atoms with Crippen molar-refractivity contribution in [2.75, 3.05) is 30.8 Å². The Bertz CT molecular complexity index is 1240. The van der Waals surface area contributed by atoms with Gasteiger partial charge in [0, 0.05) is 34.3 Å². The summed E-state index contributed by atoms with van der Waals surface area (Å²) in [5.74, 6) is 0.315. The van der Waals surface area contributed by atoms with Crippen LogP contribution in [0.2, 0.25) is 0 Å². The molecule has 0 bridgehead atoms. The molecular formula is C28H29IN4O3. The fourth-order valence-corrected chi connectivity index (χ4v) is 4.61. The van der Waals surface area contributed by atoms with Crippen LogP contribution in [0.25, 0.3) is 0 Å². The van der Waals surface area contributed by atoms with Gasteiger partial charge in [0.2, 0.25) is 0 Å². The zero-order valence-electron chi connectivity index (χ0n) is 20.1. The highest BCUT2D eigenvalue weighted by Gasteiger charge is 2.18. The number of alkyl halides is 1. The normalized spacial score (nSPS) is 13.1. The quantitative estimate of drug-likeness (QED) is 0.136. The highest BCUT2D eigenvalue weighted by molar-refractivity contribution is 14.1. The summed E-state index contributed by atoms with van der Waals surface area (Å²) >= 11 is 2.29. The third-order valence-corrected chi connectivity index (χ3v) is 7.06. The zero-order chi connectivity index (χ0) is 25.5. The van der Waals surface area contributed by atoms with E-state index in [9.17, 15) is 9.59 Å². The van der Waals surface area contributed by atoms with Crippen LogP contribution in [0, 0.1) is 5.41 Å². The van der Waals surface area contributed by atoms with Gasteiger partial charge in [0.25, 0.3) is 11.8 Å². The standard InChI is InChI=1S/C28H29IN4O3/c1-36-23-13-14-25(24(17-23)28(35)31-22-11-5-19(18-29)6-12-22)32-27(34)21-9-7-20(8-10-21)26(30)33-15-3-2-4-16-33/h5-14,17,30H,2-4,15-16,18H2,1H3,(H,31,35)(H,32,34).